The molecule has 1 aliphatic carbocycles. The number of rotatable bonds is 5. The number of carbonyl (C=O) groups is 1. The predicted octanol–water partition coefficient (Wildman–Crippen LogP) is 5.38. The number of halogens is 2. The standard InChI is InChI=1S/C30H31F2N3O3S2.C2H6/c1-35-18-26(38-2)24(16-25(35)27(31)32)23-15-20(9-10-30(37)11-13-39-14-12-30)6-8-22(23)28(36)34-29-33-17-21(40-29)7-5-19-3-4-19;1-2/h6,8,15-19,25,27,29,33,37H,3-4,11-14H2,1-2H3,(H,34,36);1-2H3. The van der Waals surface area contributed by atoms with Crippen molar-refractivity contribution in [1.82, 2.24) is 15.5 Å². The van der Waals surface area contributed by atoms with E-state index in [9.17, 15) is 18.7 Å². The Morgan fingerprint density at radius 3 is 2.64 bits per heavy atom. The van der Waals surface area contributed by atoms with E-state index < -0.39 is 23.6 Å². The van der Waals surface area contributed by atoms with Crippen molar-refractivity contribution < 1.29 is 23.4 Å². The number of benzene rings is 1. The summed E-state index contributed by atoms with van der Waals surface area (Å²) in [7, 11) is 3.02. The van der Waals surface area contributed by atoms with Crippen molar-refractivity contribution in [3.63, 3.8) is 0 Å². The number of nitrogens with one attached hydrogen (secondary N) is 2. The van der Waals surface area contributed by atoms with E-state index in [-0.39, 0.29) is 5.91 Å². The van der Waals surface area contributed by atoms with E-state index in [1.807, 2.05) is 13.8 Å². The summed E-state index contributed by atoms with van der Waals surface area (Å²) in [5.74, 6) is 14.5. The van der Waals surface area contributed by atoms with Crippen molar-refractivity contribution >= 4 is 35.0 Å². The van der Waals surface area contributed by atoms with Gasteiger partial charge in [-0.15, -0.1) is 0 Å². The molecule has 42 heavy (non-hydrogen) atoms. The molecule has 0 aromatic heterocycles. The van der Waals surface area contributed by atoms with Gasteiger partial charge in [0.2, 0.25) is 0 Å². The molecule has 0 bridgehead atoms. The Balaban J connectivity index is 0.00000198. The minimum Gasteiger partial charge on any atom is -0.495 e. The summed E-state index contributed by atoms with van der Waals surface area (Å²) in [4.78, 5) is 15.8. The third-order valence-corrected chi connectivity index (χ3v) is 8.98. The minimum atomic E-state index is -2.64. The van der Waals surface area contributed by atoms with Crippen LogP contribution in [0.2, 0.25) is 0 Å². The van der Waals surface area contributed by atoms with Crippen LogP contribution in [0.15, 0.2) is 47.3 Å². The topological polar surface area (TPSA) is 73.8 Å². The molecule has 3 aliphatic heterocycles. The number of aliphatic hydroxyl groups is 1. The zero-order valence-corrected chi connectivity index (χ0v) is 25.9. The summed E-state index contributed by atoms with van der Waals surface area (Å²) in [6.07, 6.45) is 5.51. The van der Waals surface area contributed by atoms with Gasteiger partial charge in [0.15, 0.2) is 5.50 Å². The molecule has 3 N–H and O–H groups in total. The lowest BCUT2D eigenvalue weighted by Gasteiger charge is -2.30. The zero-order chi connectivity index (χ0) is 30.3. The van der Waals surface area contributed by atoms with Crippen LogP contribution in [0, 0.1) is 29.6 Å². The molecule has 1 saturated carbocycles. The number of carbonyl (C=O) groups excluding carboxylic acids is 1. The summed E-state index contributed by atoms with van der Waals surface area (Å²) in [5, 5.41) is 16.9. The van der Waals surface area contributed by atoms with Gasteiger partial charge in [0.05, 0.1) is 12.0 Å². The molecular weight excluding hydrogens is 577 g/mol. The van der Waals surface area contributed by atoms with Gasteiger partial charge in [0.1, 0.15) is 17.4 Å². The van der Waals surface area contributed by atoms with Gasteiger partial charge in [0, 0.05) is 42.1 Å². The summed E-state index contributed by atoms with van der Waals surface area (Å²) >= 11 is 3.20. The molecule has 224 valence electrons. The first-order valence-corrected chi connectivity index (χ1v) is 16.2. The fourth-order valence-electron chi connectivity index (χ4n) is 4.49. The largest absolute Gasteiger partial charge is 0.495 e. The average molecular weight is 614 g/mol. The molecule has 1 aromatic rings. The maximum Gasteiger partial charge on any atom is 0.262 e. The van der Waals surface area contributed by atoms with Crippen molar-refractivity contribution in [2.45, 2.75) is 63.1 Å². The molecule has 1 saturated heterocycles. The molecule has 6 nitrogen and oxygen atoms in total. The lowest BCUT2D eigenvalue weighted by atomic mass is 9.91. The first-order valence-electron chi connectivity index (χ1n) is 14.2. The van der Waals surface area contributed by atoms with Crippen LogP contribution in [0.5, 0.6) is 0 Å². The van der Waals surface area contributed by atoms with Crippen LogP contribution in [0.3, 0.4) is 0 Å². The molecule has 0 radical (unpaired) electrons. The van der Waals surface area contributed by atoms with Crippen molar-refractivity contribution in [2.75, 3.05) is 25.7 Å². The number of allylic oxidation sites excluding steroid dienone is 2. The van der Waals surface area contributed by atoms with Crippen LogP contribution in [0.1, 0.15) is 61.0 Å². The Hall–Kier alpha value is -3.05. The molecular formula is C32H37F2N3O3S2. The molecule has 2 atom stereocenters. The minimum absolute atomic E-state index is 0.296. The number of thioether (sulfide) groups is 2. The number of nitrogens with zero attached hydrogens (tertiary/aromatic N) is 1. The van der Waals surface area contributed by atoms with Crippen LogP contribution < -0.4 is 10.6 Å². The van der Waals surface area contributed by atoms with Gasteiger partial charge in [-0.05, 0) is 67.0 Å². The SMILES string of the molecule is CC.COC1=CN(C)C(C(F)F)C=C1c1cc(C#CC2(O)CCSCC2)ccc1C(=O)NC1NC=C(C#CC2CC2)S1. The fraction of sp³-hybridized carbons (Fsp3) is 0.469. The normalized spacial score (nSPS) is 22.5. The highest BCUT2D eigenvalue weighted by Gasteiger charge is 2.31. The summed E-state index contributed by atoms with van der Waals surface area (Å²) in [6.45, 7) is 4.00. The Labute approximate surface area is 255 Å². The van der Waals surface area contributed by atoms with E-state index in [0.717, 1.165) is 29.3 Å². The van der Waals surface area contributed by atoms with Crippen LogP contribution in [0.4, 0.5) is 8.78 Å². The van der Waals surface area contributed by atoms with Gasteiger partial charge in [-0.1, -0.05) is 49.3 Å². The number of methoxy groups -OCH3 is 1. The maximum absolute atomic E-state index is 13.9. The molecule has 1 amide bonds. The molecule has 2 fully saturated rings. The Kier molecular flexibility index (Phi) is 10.9. The molecule has 3 heterocycles. The van der Waals surface area contributed by atoms with Crippen molar-refractivity contribution in [1.29, 1.82) is 0 Å². The number of ether oxygens (including phenoxy) is 1. The number of likely N-dealkylation sites (N-methyl/N-ethyl adjacent to an activating group) is 1. The summed E-state index contributed by atoms with van der Waals surface area (Å²) in [5.41, 5.74) is 0.186. The van der Waals surface area contributed by atoms with Crippen molar-refractivity contribution in [2.24, 2.45) is 5.92 Å². The second kappa shape index (κ2) is 14.4. The third kappa shape index (κ3) is 8.06. The van der Waals surface area contributed by atoms with E-state index >= 15 is 0 Å². The van der Waals surface area contributed by atoms with E-state index in [1.165, 1.54) is 36.0 Å². The highest BCUT2D eigenvalue weighted by Crippen LogP contribution is 2.34. The van der Waals surface area contributed by atoms with Gasteiger partial charge in [0.25, 0.3) is 12.3 Å². The van der Waals surface area contributed by atoms with E-state index in [0.29, 0.717) is 46.8 Å². The van der Waals surface area contributed by atoms with Gasteiger partial charge in [-0.2, -0.15) is 11.8 Å². The van der Waals surface area contributed by atoms with Crippen LogP contribution in [0.25, 0.3) is 5.57 Å². The second-order valence-electron chi connectivity index (χ2n) is 10.1. The fourth-order valence-corrected chi connectivity index (χ4v) is 6.47. The zero-order valence-electron chi connectivity index (χ0n) is 24.3. The number of amides is 1. The van der Waals surface area contributed by atoms with Crippen molar-refractivity contribution in [3.05, 3.63) is 64.0 Å². The lowest BCUT2D eigenvalue weighted by Crippen LogP contribution is -2.39. The molecule has 2 unspecified atom stereocenters. The lowest BCUT2D eigenvalue weighted by molar-refractivity contribution is 0.0780. The van der Waals surface area contributed by atoms with Crippen molar-refractivity contribution in [3.8, 4) is 23.7 Å². The average Bonchev–Trinajstić information content (AvgIpc) is 3.73. The predicted molar refractivity (Wildman–Crippen MR) is 167 cm³/mol. The van der Waals surface area contributed by atoms with Crippen LogP contribution in [-0.4, -0.2) is 65.1 Å². The molecule has 4 aliphatic rings. The summed E-state index contributed by atoms with van der Waals surface area (Å²) in [6, 6.07) is 3.86. The number of hydrogen-bond donors (Lipinski definition) is 3. The Bertz CT molecular complexity index is 1380. The molecule has 10 heteroatoms. The van der Waals surface area contributed by atoms with Gasteiger partial charge >= 0.3 is 0 Å². The first-order chi connectivity index (χ1) is 20.2. The van der Waals surface area contributed by atoms with E-state index in [4.69, 9.17) is 4.74 Å². The molecule has 5 rings (SSSR count). The van der Waals surface area contributed by atoms with Crippen LogP contribution in [-0.2, 0) is 4.74 Å². The highest BCUT2D eigenvalue weighted by atomic mass is 32.2. The Morgan fingerprint density at radius 2 is 1.98 bits per heavy atom. The maximum atomic E-state index is 13.9. The molecule has 0 spiro atoms. The second-order valence-corrected chi connectivity index (χ2v) is 12.5. The van der Waals surface area contributed by atoms with Gasteiger partial charge in [-0.3, -0.25) is 4.79 Å². The number of hydrogen-bond acceptors (Lipinski definition) is 7. The smallest absolute Gasteiger partial charge is 0.262 e. The van der Waals surface area contributed by atoms with Gasteiger partial charge < -0.3 is 25.4 Å². The first kappa shape index (κ1) is 31.9. The third-order valence-electron chi connectivity index (χ3n) is 7.04. The molecule has 1 aromatic carbocycles. The highest BCUT2D eigenvalue weighted by molar-refractivity contribution is 8.04. The monoisotopic (exact) mass is 613 g/mol. The van der Waals surface area contributed by atoms with E-state index in [1.54, 1.807) is 43.2 Å². The number of alkyl halides is 2. The van der Waals surface area contributed by atoms with Crippen LogP contribution >= 0.6 is 23.5 Å². The Morgan fingerprint density at radius 1 is 1.24 bits per heavy atom. The summed E-state index contributed by atoms with van der Waals surface area (Å²) < 4.78 is 33.4. The quantitative estimate of drug-likeness (QED) is 0.386. The van der Waals surface area contributed by atoms with Gasteiger partial charge in [-0.25, -0.2) is 8.78 Å². The van der Waals surface area contributed by atoms with E-state index in [2.05, 4.69) is 34.3 Å².